The molecule has 0 nitrogen and oxygen atoms in total. The fourth-order valence-electron chi connectivity index (χ4n) is 0. The van der Waals surface area contributed by atoms with Crippen LogP contribution in [0.3, 0.4) is 0 Å². The van der Waals surface area contributed by atoms with Crippen molar-refractivity contribution >= 4 is 82.5 Å². The Labute approximate surface area is 81.4 Å². The minimum atomic E-state index is 0. The van der Waals surface area contributed by atoms with Crippen molar-refractivity contribution < 1.29 is 0 Å². The van der Waals surface area contributed by atoms with Crippen LogP contribution >= 0.6 is 0 Å². The third-order valence-corrected chi connectivity index (χ3v) is 0. The zero-order chi connectivity index (χ0) is 2.00. The van der Waals surface area contributed by atoms with Crippen LogP contribution in [0.15, 0.2) is 0 Å². The smallest absolute Gasteiger partial charge is 0 e. The molecule has 0 rings (SSSR count). The van der Waals surface area contributed by atoms with Gasteiger partial charge in [-0.25, -0.2) is 0 Å². The van der Waals surface area contributed by atoms with Gasteiger partial charge in [0, 0.05) is 59.2 Å². The number of hydrogen-bond acceptors (Lipinski definition) is 0. The first kappa shape index (κ1) is 25.5. The van der Waals surface area contributed by atoms with E-state index in [0.717, 1.165) is 0 Å². The molecule has 5 heteroatoms. The van der Waals surface area contributed by atoms with E-state index in [-0.39, 0.29) is 59.2 Å². The Morgan fingerprint density at radius 2 is 1.20 bits per heavy atom. The largest absolute Gasteiger partial charge is 0 e. The molecule has 0 bridgehead atoms. The summed E-state index contributed by atoms with van der Waals surface area (Å²) in [7, 11) is 2.85. The van der Waals surface area contributed by atoms with Crippen molar-refractivity contribution in [2.75, 3.05) is 0 Å². The van der Waals surface area contributed by atoms with E-state index < -0.39 is 0 Å². The molecule has 0 saturated heterocycles. The molecule has 0 heterocycles. The fourth-order valence-corrected chi connectivity index (χ4v) is 0. The Balaban J connectivity index is -0.00000000167. The average molecular weight is 382 g/mol. The van der Waals surface area contributed by atoms with Crippen molar-refractivity contribution in [2.45, 2.75) is 0 Å². The van der Waals surface area contributed by atoms with Crippen LogP contribution in [0, 0.1) is 0 Å². The van der Waals surface area contributed by atoms with Gasteiger partial charge >= 0.3 is 23.3 Å². The summed E-state index contributed by atoms with van der Waals surface area (Å²) in [5.41, 5.74) is 0. The van der Waals surface area contributed by atoms with Gasteiger partial charge in [-0.15, -0.1) is 0 Å². The molecule has 0 unspecified atom stereocenters. The van der Waals surface area contributed by atoms with Crippen molar-refractivity contribution in [2.24, 2.45) is 0 Å². The van der Waals surface area contributed by atoms with Crippen LogP contribution in [0.5, 0.6) is 0 Å². The van der Waals surface area contributed by atoms with E-state index >= 15 is 0 Å². The van der Waals surface area contributed by atoms with Gasteiger partial charge in [-0.05, 0) is 0 Å². The molecule has 0 aliphatic heterocycles. The molecular weight excluding hydrogens is 382 g/mol. The summed E-state index contributed by atoms with van der Waals surface area (Å²) in [6.07, 6.45) is 0. The van der Waals surface area contributed by atoms with Crippen molar-refractivity contribution in [3.8, 4) is 0 Å². The summed E-state index contributed by atoms with van der Waals surface area (Å²) in [5.74, 6) is 0. The van der Waals surface area contributed by atoms with E-state index in [2.05, 4.69) is 23.3 Å². The van der Waals surface area contributed by atoms with Crippen molar-refractivity contribution in [3.05, 3.63) is 0 Å². The van der Waals surface area contributed by atoms with E-state index in [1.807, 2.05) is 0 Å². The predicted octanol–water partition coefficient (Wildman–Crippen LogP) is -1.90. The summed E-state index contributed by atoms with van der Waals surface area (Å²) in [4.78, 5) is 0. The molecule has 0 amide bonds. The minimum Gasteiger partial charge on any atom is 0 e. The summed E-state index contributed by atoms with van der Waals surface area (Å²) < 4.78 is 0. The molecule has 25 valence electrons. The van der Waals surface area contributed by atoms with Crippen LogP contribution in [0.25, 0.3) is 0 Å². The Kier molecular flexibility index (Phi) is 155. The first-order valence-electron chi connectivity index (χ1n) is 0.204. The predicted molar refractivity (Wildman–Crippen MR) is 28.8 cm³/mol. The van der Waals surface area contributed by atoms with Crippen molar-refractivity contribution in [1.82, 2.24) is 0 Å². The summed E-state index contributed by atoms with van der Waals surface area (Å²) in [5, 5.41) is 0. The van der Waals surface area contributed by atoms with Gasteiger partial charge in [0.25, 0.3) is 0 Å². The van der Waals surface area contributed by atoms with Gasteiger partial charge in [-0.2, -0.15) is 0 Å². The molecule has 0 N–H and O–H groups in total. The van der Waals surface area contributed by atoms with Gasteiger partial charge in [0.05, 0.1) is 0 Å². The van der Waals surface area contributed by atoms with Gasteiger partial charge in [-0.1, -0.05) is 0 Å². The quantitative estimate of drug-likeness (QED) is 0.430. The normalized spacial score (nSPS) is 0.800. The van der Waals surface area contributed by atoms with E-state index in [4.69, 9.17) is 0 Å². The van der Waals surface area contributed by atoms with E-state index in [1.165, 1.54) is 0 Å². The van der Waals surface area contributed by atoms with Crippen LogP contribution in [-0.2, 0) is 0 Å². The van der Waals surface area contributed by atoms with E-state index in [9.17, 15) is 0 Å². The second-order valence-corrected chi connectivity index (χ2v) is 0. The summed E-state index contributed by atoms with van der Waals surface area (Å²) in [6, 6.07) is 0. The SMILES string of the molecule is [As].[Ge].[Si]=[Se].[Te]. The Hall–Kier alpha value is 2.63. The van der Waals surface area contributed by atoms with Gasteiger partial charge in [0.2, 0.25) is 0 Å². The maximum absolute atomic E-state index is 2.85. The zero-order valence-corrected chi connectivity index (χ0v) is 11.3. The van der Waals surface area contributed by atoms with E-state index in [0.29, 0.717) is 0 Å². The van der Waals surface area contributed by atoms with E-state index in [1.54, 1.807) is 0 Å². The zero-order valence-electron chi connectivity index (χ0n) is 2.26. The Morgan fingerprint density at radius 3 is 1.20 bits per heavy atom. The molecule has 0 spiro atoms. The molecule has 0 aliphatic rings. The molecule has 0 fully saturated rings. The molecule has 0 aliphatic carbocycles. The topological polar surface area (TPSA) is 0 Å². The standard InChI is InChI=1S/As.Ge.SeSi.Te/c;;1-2;. The van der Waals surface area contributed by atoms with Gasteiger partial charge in [0.1, 0.15) is 0 Å². The van der Waals surface area contributed by atoms with Crippen LogP contribution in [0.2, 0.25) is 0 Å². The first-order valence-corrected chi connectivity index (χ1v) is 3.18. The van der Waals surface area contributed by atoms with Crippen molar-refractivity contribution in [1.29, 1.82) is 0 Å². The summed E-state index contributed by atoms with van der Waals surface area (Å²) >= 11 is 2.43. The van der Waals surface area contributed by atoms with Crippen LogP contribution in [0.1, 0.15) is 0 Å². The van der Waals surface area contributed by atoms with Gasteiger partial charge in [0.15, 0.2) is 0 Å². The Bertz CT molecular complexity index is 11.6. The minimum absolute atomic E-state index is 0. The Morgan fingerprint density at radius 1 is 1.20 bits per heavy atom. The second-order valence-electron chi connectivity index (χ2n) is 0. The molecule has 0 atom stereocenters. The number of rotatable bonds is 0. The van der Waals surface area contributed by atoms with Crippen molar-refractivity contribution in [3.63, 3.8) is 0 Å². The van der Waals surface area contributed by atoms with Crippen LogP contribution < -0.4 is 0 Å². The van der Waals surface area contributed by atoms with Gasteiger partial charge < -0.3 is 0 Å². The number of hydrogen-bond donors (Lipinski definition) is 0. The summed E-state index contributed by atoms with van der Waals surface area (Å²) in [6.45, 7) is 0. The molecule has 0 aromatic heterocycles. The molecule has 5 heavy (non-hydrogen) atoms. The fraction of sp³-hybridized carbons (Fsp3) is 0. The molecule has 0 saturated carbocycles. The van der Waals surface area contributed by atoms with Gasteiger partial charge in [-0.3, -0.25) is 0 Å². The third-order valence-electron chi connectivity index (χ3n) is 0. The monoisotopic (exact) mass is 387 g/mol. The molecule has 0 aromatic carbocycles. The maximum Gasteiger partial charge on any atom is 0 e. The van der Waals surface area contributed by atoms with Crippen LogP contribution in [0.4, 0.5) is 0 Å². The molecule has 0 aromatic rings. The third kappa shape index (κ3) is 20.6. The average Bonchev–Trinajstić information content (AvgIpc) is 1.00. The van der Waals surface area contributed by atoms with Crippen LogP contribution in [-0.4, -0.2) is 82.5 Å². The second kappa shape index (κ2) is 30.4. The molecular formula is AsGeSeSiTe. The molecule has 11 radical (unpaired) electrons. The first-order chi connectivity index (χ1) is 1.00. The maximum atomic E-state index is 2.85.